The molecule has 0 unspecified atom stereocenters. The van der Waals surface area contributed by atoms with Crippen LogP contribution in [0.25, 0.3) is 10.9 Å². The van der Waals surface area contributed by atoms with Crippen molar-refractivity contribution in [2.24, 2.45) is 0 Å². The Balaban J connectivity index is 1.69. The summed E-state index contributed by atoms with van der Waals surface area (Å²) in [5.41, 5.74) is 0.812. The molecule has 1 fully saturated rings. The van der Waals surface area contributed by atoms with Crippen molar-refractivity contribution in [3.63, 3.8) is 0 Å². The van der Waals surface area contributed by atoms with Gasteiger partial charge in [0.2, 0.25) is 5.88 Å². The third-order valence-corrected chi connectivity index (χ3v) is 3.31. The van der Waals surface area contributed by atoms with Crippen LogP contribution in [0.2, 0.25) is 0 Å². The second-order valence-electron chi connectivity index (χ2n) is 4.62. The summed E-state index contributed by atoms with van der Waals surface area (Å²) in [5, 5.41) is 4.03. The molecule has 104 valence electrons. The summed E-state index contributed by atoms with van der Waals surface area (Å²) in [6, 6.07) is 7.59. The number of para-hydroxylation sites is 1. The average molecular weight is 272 g/mol. The second kappa shape index (κ2) is 5.83. The number of amides is 1. The normalized spacial score (nSPS) is 15.3. The number of benzene rings is 1. The maximum atomic E-state index is 12.0. The molecule has 1 N–H and O–H groups in total. The van der Waals surface area contributed by atoms with Gasteiger partial charge in [-0.05, 0) is 12.1 Å². The van der Waals surface area contributed by atoms with Crippen LogP contribution < -0.4 is 10.1 Å². The summed E-state index contributed by atoms with van der Waals surface area (Å²) in [5.74, 6) is 0.452. The first-order chi connectivity index (χ1) is 9.84. The smallest absolute Gasteiger partial charge is 0.260 e. The number of fused-ring (bicyclic) bond motifs is 1. The van der Waals surface area contributed by atoms with Gasteiger partial charge in [0, 0.05) is 26.2 Å². The van der Waals surface area contributed by atoms with Gasteiger partial charge in [-0.15, -0.1) is 0 Å². The van der Waals surface area contributed by atoms with Gasteiger partial charge in [0.15, 0.2) is 6.61 Å². The number of carbonyl (C=O) groups excluding carboxylic acids is 1. The van der Waals surface area contributed by atoms with E-state index in [0.717, 1.165) is 37.1 Å². The zero-order valence-corrected chi connectivity index (χ0v) is 11.1. The van der Waals surface area contributed by atoms with Gasteiger partial charge in [-0.2, -0.15) is 0 Å². The van der Waals surface area contributed by atoms with E-state index in [1.165, 1.54) is 6.33 Å². The van der Waals surface area contributed by atoms with Crippen LogP contribution in [0.5, 0.6) is 5.88 Å². The second-order valence-corrected chi connectivity index (χ2v) is 4.62. The van der Waals surface area contributed by atoms with Crippen molar-refractivity contribution in [3.05, 3.63) is 30.6 Å². The first-order valence-electron chi connectivity index (χ1n) is 6.65. The largest absolute Gasteiger partial charge is 0.467 e. The van der Waals surface area contributed by atoms with Crippen molar-refractivity contribution < 1.29 is 9.53 Å². The predicted molar refractivity (Wildman–Crippen MR) is 74.5 cm³/mol. The Bertz CT molecular complexity index is 606. The number of ether oxygens (including phenoxy) is 1. The number of piperazine rings is 1. The zero-order valence-electron chi connectivity index (χ0n) is 11.1. The molecule has 2 heterocycles. The van der Waals surface area contributed by atoms with E-state index in [-0.39, 0.29) is 12.5 Å². The van der Waals surface area contributed by atoms with Crippen molar-refractivity contribution in [2.75, 3.05) is 32.8 Å². The number of hydrogen-bond acceptors (Lipinski definition) is 5. The molecule has 0 aliphatic carbocycles. The molecule has 1 aliphatic heterocycles. The van der Waals surface area contributed by atoms with Crippen molar-refractivity contribution in [2.45, 2.75) is 0 Å². The molecule has 1 aliphatic rings. The van der Waals surface area contributed by atoms with Gasteiger partial charge in [-0.1, -0.05) is 12.1 Å². The molecule has 1 aromatic carbocycles. The Labute approximate surface area is 116 Å². The molecule has 3 rings (SSSR count). The molecule has 6 heteroatoms. The van der Waals surface area contributed by atoms with Crippen LogP contribution in [0.15, 0.2) is 30.6 Å². The van der Waals surface area contributed by atoms with Gasteiger partial charge in [0.25, 0.3) is 5.91 Å². The third-order valence-electron chi connectivity index (χ3n) is 3.31. The van der Waals surface area contributed by atoms with E-state index in [1.54, 1.807) is 4.90 Å². The standard InChI is InChI=1S/C14H16N4O2/c19-13(18-7-5-15-6-8-18)9-20-14-11-3-1-2-4-12(11)16-10-17-14/h1-4,10,15H,5-9H2. The minimum Gasteiger partial charge on any atom is -0.467 e. The van der Waals surface area contributed by atoms with Crippen LogP contribution in [0.3, 0.4) is 0 Å². The maximum absolute atomic E-state index is 12.0. The Kier molecular flexibility index (Phi) is 3.73. The Morgan fingerprint density at radius 3 is 2.90 bits per heavy atom. The van der Waals surface area contributed by atoms with Gasteiger partial charge >= 0.3 is 0 Å². The van der Waals surface area contributed by atoms with Crippen LogP contribution in [0.4, 0.5) is 0 Å². The Morgan fingerprint density at radius 1 is 1.25 bits per heavy atom. The van der Waals surface area contributed by atoms with Gasteiger partial charge in [0.1, 0.15) is 6.33 Å². The predicted octanol–water partition coefficient (Wildman–Crippen LogP) is 0.440. The number of carbonyl (C=O) groups is 1. The molecule has 2 aromatic rings. The third kappa shape index (κ3) is 2.70. The average Bonchev–Trinajstić information content (AvgIpc) is 2.53. The van der Waals surface area contributed by atoms with Gasteiger partial charge in [0.05, 0.1) is 10.9 Å². The fourth-order valence-corrected chi connectivity index (χ4v) is 2.23. The molecule has 6 nitrogen and oxygen atoms in total. The topological polar surface area (TPSA) is 67.3 Å². The molecule has 0 radical (unpaired) electrons. The van der Waals surface area contributed by atoms with E-state index in [9.17, 15) is 4.79 Å². The molecule has 1 saturated heterocycles. The van der Waals surface area contributed by atoms with E-state index in [4.69, 9.17) is 4.74 Å². The highest BCUT2D eigenvalue weighted by Gasteiger charge is 2.17. The molecule has 0 spiro atoms. The minimum atomic E-state index is -0.00538. The van der Waals surface area contributed by atoms with Gasteiger partial charge in [-0.3, -0.25) is 4.79 Å². The fourth-order valence-electron chi connectivity index (χ4n) is 2.23. The molecular weight excluding hydrogens is 256 g/mol. The number of nitrogens with zero attached hydrogens (tertiary/aromatic N) is 3. The molecule has 0 atom stereocenters. The highest BCUT2D eigenvalue weighted by atomic mass is 16.5. The number of hydrogen-bond donors (Lipinski definition) is 1. The van der Waals surface area contributed by atoms with Gasteiger partial charge < -0.3 is 15.0 Å². The summed E-state index contributed by atoms with van der Waals surface area (Å²) < 4.78 is 5.57. The molecule has 0 saturated carbocycles. The molecule has 20 heavy (non-hydrogen) atoms. The molecular formula is C14H16N4O2. The Hall–Kier alpha value is -2.21. The monoisotopic (exact) mass is 272 g/mol. The summed E-state index contributed by atoms with van der Waals surface area (Å²) >= 11 is 0. The summed E-state index contributed by atoms with van der Waals surface area (Å²) in [4.78, 5) is 22.1. The number of aromatic nitrogens is 2. The lowest BCUT2D eigenvalue weighted by Crippen LogP contribution is -2.47. The number of nitrogens with one attached hydrogen (secondary N) is 1. The van der Waals surface area contributed by atoms with E-state index < -0.39 is 0 Å². The van der Waals surface area contributed by atoms with Crippen molar-refractivity contribution in [1.29, 1.82) is 0 Å². The maximum Gasteiger partial charge on any atom is 0.260 e. The first kappa shape index (κ1) is 12.8. The van der Waals surface area contributed by atoms with Crippen LogP contribution in [-0.4, -0.2) is 53.6 Å². The molecule has 1 amide bonds. The lowest BCUT2D eigenvalue weighted by atomic mass is 10.2. The van der Waals surface area contributed by atoms with E-state index in [1.807, 2.05) is 24.3 Å². The molecule has 1 aromatic heterocycles. The van der Waals surface area contributed by atoms with Crippen LogP contribution >= 0.6 is 0 Å². The van der Waals surface area contributed by atoms with E-state index in [0.29, 0.717) is 5.88 Å². The van der Waals surface area contributed by atoms with Gasteiger partial charge in [-0.25, -0.2) is 9.97 Å². The summed E-state index contributed by atoms with van der Waals surface area (Å²) in [6.07, 6.45) is 1.45. The quantitative estimate of drug-likeness (QED) is 0.878. The lowest BCUT2D eigenvalue weighted by molar-refractivity contribution is -0.133. The Morgan fingerprint density at radius 2 is 2.05 bits per heavy atom. The summed E-state index contributed by atoms with van der Waals surface area (Å²) in [7, 11) is 0. The summed E-state index contributed by atoms with van der Waals surface area (Å²) in [6.45, 7) is 3.14. The van der Waals surface area contributed by atoms with Crippen molar-refractivity contribution >= 4 is 16.8 Å². The van der Waals surface area contributed by atoms with Crippen LogP contribution in [0, 0.1) is 0 Å². The highest BCUT2D eigenvalue weighted by molar-refractivity contribution is 5.84. The molecule has 0 bridgehead atoms. The van der Waals surface area contributed by atoms with Crippen LogP contribution in [0.1, 0.15) is 0 Å². The minimum absolute atomic E-state index is 0.00538. The van der Waals surface area contributed by atoms with Crippen LogP contribution in [-0.2, 0) is 4.79 Å². The van der Waals surface area contributed by atoms with E-state index in [2.05, 4.69) is 15.3 Å². The highest BCUT2D eigenvalue weighted by Crippen LogP contribution is 2.20. The zero-order chi connectivity index (χ0) is 13.8. The van der Waals surface area contributed by atoms with Crippen molar-refractivity contribution in [3.8, 4) is 5.88 Å². The fraction of sp³-hybridized carbons (Fsp3) is 0.357. The first-order valence-corrected chi connectivity index (χ1v) is 6.65. The lowest BCUT2D eigenvalue weighted by Gasteiger charge is -2.27. The van der Waals surface area contributed by atoms with Crippen molar-refractivity contribution in [1.82, 2.24) is 20.2 Å². The van der Waals surface area contributed by atoms with E-state index >= 15 is 0 Å². The number of rotatable bonds is 3. The SMILES string of the molecule is O=C(COc1ncnc2ccccc12)N1CCNCC1.